The largest absolute Gasteiger partial charge is 0.396 e. The van der Waals surface area contributed by atoms with Crippen LogP contribution in [-0.2, 0) is 14.6 Å². The number of rotatable bonds is 3. The molecular weight excluding hydrogens is 445 g/mol. The first-order valence-electron chi connectivity index (χ1n) is 8.12. The predicted molar refractivity (Wildman–Crippen MR) is 106 cm³/mol. The Kier molecular flexibility index (Phi) is 7.76. The van der Waals surface area contributed by atoms with E-state index >= 15 is 0 Å². The lowest BCUT2D eigenvalue weighted by molar-refractivity contribution is -0.0134. The molecule has 2 heterocycles. The van der Waals surface area contributed by atoms with E-state index in [1.165, 1.54) is 0 Å². The van der Waals surface area contributed by atoms with E-state index in [-0.39, 0.29) is 41.8 Å². The molecule has 2 rings (SSSR count). The van der Waals surface area contributed by atoms with Crippen LogP contribution in [0.3, 0.4) is 0 Å². The maximum absolute atomic E-state index is 12.1. The van der Waals surface area contributed by atoms with Gasteiger partial charge in [-0.15, -0.1) is 24.0 Å². The van der Waals surface area contributed by atoms with E-state index in [0.29, 0.717) is 38.8 Å². The highest BCUT2D eigenvalue weighted by Gasteiger charge is 2.41. The molecule has 24 heavy (non-hydrogen) atoms. The van der Waals surface area contributed by atoms with Gasteiger partial charge in [-0.05, 0) is 26.7 Å². The van der Waals surface area contributed by atoms with Crippen LogP contribution in [0, 0.1) is 5.41 Å². The highest BCUT2D eigenvalue weighted by molar-refractivity contribution is 14.0. The van der Waals surface area contributed by atoms with Crippen LogP contribution in [0.5, 0.6) is 0 Å². The second kappa shape index (κ2) is 8.50. The molecule has 0 spiro atoms. The normalized spacial score (nSPS) is 25.7. The van der Waals surface area contributed by atoms with Gasteiger partial charge in [-0.3, -0.25) is 4.99 Å². The lowest BCUT2D eigenvalue weighted by atomic mass is 9.81. The van der Waals surface area contributed by atoms with E-state index in [4.69, 9.17) is 4.74 Å². The molecule has 0 aromatic carbocycles. The Labute approximate surface area is 162 Å². The smallest absolute Gasteiger partial charge is 0.193 e. The van der Waals surface area contributed by atoms with Crippen molar-refractivity contribution in [1.82, 2.24) is 10.2 Å². The molecule has 0 atom stereocenters. The predicted octanol–water partition coefficient (Wildman–Crippen LogP) is 0.478. The molecule has 2 aliphatic heterocycles. The molecule has 0 radical (unpaired) electrons. The summed E-state index contributed by atoms with van der Waals surface area (Å²) in [6, 6.07) is 0. The Bertz CT molecular complexity index is 545. The van der Waals surface area contributed by atoms with Crippen LogP contribution < -0.4 is 5.32 Å². The fourth-order valence-electron chi connectivity index (χ4n) is 3.12. The van der Waals surface area contributed by atoms with Gasteiger partial charge in [0.1, 0.15) is 0 Å². The fourth-order valence-corrected chi connectivity index (χ4v) is 4.48. The lowest BCUT2D eigenvalue weighted by Gasteiger charge is -2.41. The maximum Gasteiger partial charge on any atom is 0.193 e. The summed E-state index contributed by atoms with van der Waals surface area (Å²) < 4.78 is 28.9. The molecular formula is C15H30IN3O4S. The number of sulfone groups is 1. The molecule has 0 saturated carbocycles. The van der Waals surface area contributed by atoms with Gasteiger partial charge in [-0.25, -0.2) is 8.42 Å². The van der Waals surface area contributed by atoms with E-state index in [1.54, 1.807) is 20.9 Å². The number of aliphatic imine (C=N–C) groups is 1. The summed E-state index contributed by atoms with van der Waals surface area (Å²) in [4.78, 5) is 6.29. The Morgan fingerprint density at radius 1 is 1.33 bits per heavy atom. The molecule has 0 aromatic heterocycles. The summed E-state index contributed by atoms with van der Waals surface area (Å²) >= 11 is 0. The average molecular weight is 475 g/mol. The number of aliphatic hydroxyl groups excluding tert-OH is 1. The SMILES string of the molecule is CN=C(NCC1(CO)CCOCC1)N1CCS(=O)(=O)C(C)(C)C1.I. The number of halogens is 1. The number of aliphatic hydroxyl groups is 1. The second-order valence-electron chi connectivity index (χ2n) is 7.17. The van der Waals surface area contributed by atoms with Crippen molar-refractivity contribution in [2.24, 2.45) is 10.4 Å². The van der Waals surface area contributed by atoms with Gasteiger partial charge >= 0.3 is 0 Å². The molecule has 2 aliphatic rings. The molecule has 0 aromatic rings. The van der Waals surface area contributed by atoms with E-state index < -0.39 is 14.6 Å². The van der Waals surface area contributed by atoms with Crippen LogP contribution in [0.1, 0.15) is 26.7 Å². The zero-order chi connectivity index (χ0) is 17.1. The standard InChI is InChI=1S/C15H29N3O4S.HI/c1-14(2)11-18(6-9-23(14,20)21)13(16-3)17-10-15(12-19)4-7-22-8-5-15;/h19H,4-12H2,1-3H3,(H,16,17);1H. The van der Waals surface area contributed by atoms with Gasteiger partial charge < -0.3 is 20.1 Å². The maximum atomic E-state index is 12.1. The van der Waals surface area contributed by atoms with E-state index in [2.05, 4.69) is 10.3 Å². The number of hydrogen-bond donors (Lipinski definition) is 2. The van der Waals surface area contributed by atoms with Crippen molar-refractivity contribution in [3.63, 3.8) is 0 Å². The van der Waals surface area contributed by atoms with Crippen molar-refractivity contribution in [3.05, 3.63) is 0 Å². The molecule has 0 aliphatic carbocycles. The molecule has 0 amide bonds. The quantitative estimate of drug-likeness (QED) is 0.351. The highest BCUT2D eigenvalue weighted by atomic mass is 127. The molecule has 2 N–H and O–H groups in total. The lowest BCUT2D eigenvalue weighted by Crippen LogP contribution is -2.58. The summed E-state index contributed by atoms with van der Waals surface area (Å²) in [5.41, 5.74) is -0.189. The zero-order valence-electron chi connectivity index (χ0n) is 14.7. The summed E-state index contributed by atoms with van der Waals surface area (Å²) in [7, 11) is -1.37. The Hall–Kier alpha value is -0.130. The summed E-state index contributed by atoms with van der Waals surface area (Å²) in [6.07, 6.45) is 1.63. The summed E-state index contributed by atoms with van der Waals surface area (Å²) in [5, 5.41) is 13.1. The highest BCUT2D eigenvalue weighted by Crippen LogP contribution is 2.29. The van der Waals surface area contributed by atoms with Gasteiger partial charge in [0.25, 0.3) is 0 Å². The van der Waals surface area contributed by atoms with Crippen LogP contribution in [0.15, 0.2) is 4.99 Å². The zero-order valence-corrected chi connectivity index (χ0v) is 17.9. The van der Waals surface area contributed by atoms with Crippen molar-refractivity contribution in [2.45, 2.75) is 31.4 Å². The number of ether oxygens (including phenoxy) is 1. The van der Waals surface area contributed by atoms with Crippen molar-refractivity contribution in [2.75, 3.05) is 52.3 Å². The minimum atomic E-state index is -3.07. The third-order valence-electron chi connectivity index (χ3n) is 5.07. The molecule has 2 saturated heterocycles. The van der Waals surface area contributed by atoms with E-state index in [9.17, 15) is 13.5 Å². The second-order valence-corrected chi connectivity index (χ2v) is 9.91. The van der Waals surface area contributed by atoms with Gasteiger partial charge in [0, 0.05) is 45.3 Å². The van der Waals surface area contributed by atoms with Crippen LogP contribution in [0.2, 0.25) is 0 Å². The number of hydrogen-bond acceptors (Lipinski definition) is 5. The van der Waals surface area contributed by atoms with Gasteiger partial charge in [-0.2, -0.15) is 0 Å². The molecule has 9 heteroatoms. The minimum absolute atomic E-state index is 0. The number of nitrogens with one attached hydrogen (secondary N) is 1. The topological polar surface area (TPSA) is 91.2 Å². The Morgan fingerprint density at radius 2 is 1.96 bits per heavy atom. The summed E-state index contributed by atoms with van der Waals surface area (Å²) in [6.45, 7) is 6.44. The van der Waals surface area contributed by atoms with Crippen LogP contribution in [0.25, 0.3) is 0 Å². The first-order valence-corrected chi connectivity index (χ1v) is 9.77. The average Bonchev–Trinajstić information content (AvgIpc) is 2.52. The third kappa shape index (κ3) is 4.73. The fraction of sp³-hybridized carbons (Fsp3) is 0.933. The number of guanidine groups is 1. The van der Waals surface area contributed by atoms with Gasteiger partial charge in [0.05, 0.1) is 17.1 Å². The van der Waals surface area contributed by atoms with Crippen LogP contribution in [-0.4, -0.2) is 81.4 Å². The molecule has 2 fully saturated rings. The third-order valence-corrected chi connectivity index (χ3v) is 7.60. The first kappa shape index (κ1) is 21.9. The first-order chi connectivity index (χ1) is 10.8. The van der Waals surface area contributed by atoms with Crippen molar-refractivity contribution < 1.29 is 18.3 Å². The van der Waals surface area contributed by atoms with Crippen LogP contribution in [0.4, 0.5) is 0 Å². The van der Waals surface area contributed by atoms with Crippen molar-refractivity contribution in [1.29, 1.82) is 0 Å². The molecule has 142 valence electrons. The van der Waals surface area contributed by atoms with Gasteiger partial charge in [0.15, 0.2) is 15.8 Å². The molecule has 7 nitrogen and oxygen atoms in total. The number of nitrogens with zero attached hydrogens (tertiary/aromatic N) is 2. The van der Waals surface area contributed by atoms with E-state index in [0.717, 1.165) is 12.8 Å². The van der Waals surface area contributed by atoms with Gasteiger partial charge in [0.2, 0.25) is 0 Å². The van der Waals surface area contributed by atoms with Crippen molar-refractivity contribution in [3.8, 4) is 0 Å². The molecule has 0 bridgehead atoms. The van der Waals surface area contributed by atoms with Crippen LogP contribution >= 0.6 is 24.0 Å². The molecule has 0 unspecified atom stereocenters. The monoisotopic (exact) mass is 475 g/mol. The Balaban J connectivity index is 0.00000288. The minimum Gasteiger partial charge on any atom is -0.396 e. The summed E-state index contributed by atoms with van der Waals surface area (Å²) in [5.74, 6) is 0.840. The van der Waals surface area contributed by atoms with Crippen molar-refractivity contribution >= 4 is 39.8 Å². The Morgan fingerprint density at radius 3 is 2.46 bits per heavy atom. The van der Waals surface area contributed by atoms with E-state index in [1.807, 2.05) is 4.90 Å². The van der Waals surface area contributed by atoms with Gasteiger partial charge in [-0.1, -0.05) is 0 Å².